The molecule has 1 rings (SSSR count). The number of rotatable bonds is 6. The molecule has 22 heavy (non-hydrogen) atoms. The van der Waals surface area contributed by atoms with E-state index >= 15 is 0 Å². The van der Waals surface area contributed by atoms with Crippen LogP contribution in [0.3, 0.4) is 0 Å². The topological polar surface area (TPSA) is 99.7 Å². The maximum Gasteiger partial charge on any atom is 0.319 e. The normalized spacial score (nSPS) is 13.0. The Morgan fingerprint density at radius 2 is 1.95 bits per heavy atom. The molecular formula is C15H23N3O4. The van der Waals surface area contributed by atoms with Crippen LogP contribution in [0, 0.1) is 5.92 Å². The Morgan fingerprint density at radius 1 is 1.27 bits per heavy atom. The number of anilines is 2. The second kappa shape index (κ2) is 8.23. The molecule has 0 saturated heterocycles. The molecule has 1 aromatic carbocycles. The van der Waals surface area contributed by atoms with Gasteiger partial charge in [-0.25, -0.2) is 4.79 Å². The number of urea groups is 1. The Bertz CT molecular complexity index is 534. The summed E-state index contributed by atoms with van der Waals surface area (Å²) in [6.45, 7) is 5.04. The van der Waals surface area contributed by atoms with Gasteiger partial charge in [0.2, 0.25) is 5.91 Å². The Hall–Kier alpha value is -2.28. The summed E-state index contributed by atoms with van der Waals surface area (Å²) in [7, 11) is 1.49. The van der Waals surface area contributed by atoms with Crippen LogP contribution in [0.15, 0.2) is 18.2 Å². The zero-order valence-electron chi connectivity index (χ0n) is 13.3. The monoisotopic (exact) mass is 309 g/mol. The maximum absolute atomic E-state index is 12.0. The van der Waals surface area contributed by atoms with E-state index in [4.69, 9.17) is 9.84 Å². The molecule has 2 atom stereocenters. The van der Waals surface area contributed by atoms with Gasteiger partial charge in [0.05, 0.1) is 12.8 Å². The van der Waals surface area contributed by atoms with Crippen LogP contribution >= 0.6 is 0 Å². The van der Waals surface area contributed by atoms with Gasteiger partial charge in [-0.1, -0.05) is 6.92 Å². The number of aliphatic hydroxyl groups excluding tert-OH is 1. The van der Waals surface area contributed by atoms with Gasteiger partial charge < -0.3 is 25.8 Å². The predicted molar refractivity (Wildman–Crippen MR) is 85.2 cm³/mol. The minimum atomic E-state index is -0.411. The summed E-state index contributed by atoms with van der Waals surface area (Å²) >= 11 is 0. The van der Waals surface area contributed by atoms with Gasteiger partial charge >= 0.3 is 6.03 Å². The minimum absolute atomic E-state index is 0.0111. The van der Waals surface area contributed by atoms with Crippen molar-refractivity contribution in [2.45, 2.75) is 26.8 Å². The molecule has 3 amide bonds. The van der Waals surface area contributed by atoms with E-state index in [-0.39, 0.29) is 24.5 Å². The molecule has 0 fully saturated rings. The van der Waals surface area contributed by atoms with Gasteiger partial charge in [-0.3, -0.25) is 4.79 Å². The molecule has 0 heterocycles. The summed E-state index contributed by atoms with van der Waals surface area (Å²) < 4.78 is 5.18. The molecule has 0 aliphatic carbocycles. The third kappa shape index (κ3) is 5.25. The largest absolute Gasteiger partial charge is 0.495 e. The number of amides is 3. The molecular weight excluding hydrogens is 286 g/mol. The van der Waals surface area contributed by atoms with Gasteiger partial charge in [0.1, 0.15) is 5.75 Å². The average Bonchev–Trinajstić information content (AvgIpc) is 2.45. The van der Waals surface area contributed by atoms with Gasteiger partial charge in [0, 0.05) is 25.3 Å². The highest BCUT2D eigenvalue weighted by Crippen LogP contribution is 2.27. The molecule has 0 bridgehead atoms. The average molecular weight is 309 g/mol. The van der Waals surface area contributed by atoms with Crippen LogP contribution in [0.4, 0.5) is 16.2 Å². The fourth-order valence-electron chi connectivity index (χ4n) is 1.75. The van der Waals surface area contributed by atoms with Crippen molar-refractivity contribution in [2.24, 2.45) is 5.92 Å². The van der Waals surface area contributed by atoms with Crippen molar-refractivity contribution in [2.75, 3.05) is 24.4 Å². The molecule has 0 radical (unpaired) electrons. The molecule has 4 N–H and O–H groups in total. The van der Waals surface area contributed by atoms with Crippen LogP contribution in [0.2, 0.25) is 0 Å². The van der Waals surface area contributed by atoms with E-state index in [1.54, 1.807) is 18.2 Å². The lowest BCUT2D eigenvalue weighted by molar-refractivity contribution is -0.114. The smallest absolute Gasteiger partial charge is 0.319 e. The molecule has 0 unspecified atom stereocenters. The summed E-state index contributed by atoms with van der Waals surface area (Å²) in [5, 5.41) is 17.1. The van der Waals surface area contributed by atoms with Crippen molar-refractivity contribution in [3.8, 4) is 5.75 Å². The van der Waals surface area contributed by atoms with Crippen LogP contribution in [0.1, 0.15) is 20.8 Å². The highest BCUT2D eigenvalue weighted by Gasteiger charge is 2.15. The Kier molecular flexibility index (Phi) is 6.65. The minimum Gasteiger partial charge on any atom is -0.495 e. The molecule has 0 aliphatic rings. The van der Waals surface area contributed by atoms with Gasteiger partial charge in [-0.15, -0.1) is 0 Å². The first-order chi connectivity index (χ1) is 10.4. The molecule has 0 saturated carbocycles. The second-order valence-electron chi connectivity index (χ2n) is 5.14. The van der Waals surface area contributed by atoms with Gasteiger partial charge in [0.15, 0.2) is 0 Å². The van der Waals surface area contributed by atoms with Crippen LogP contribution < -0.4 is 20.7 Å². The standard InChI is InChI=1S/C15H23N3O4/c1-9(8-19)10(2)16-15(21)18-13-7-12(17-11(3)20)5-6-14(13)22-4/h5-7,9-10,19H,8H2,1-4H3,(H,17,20)(H2,16,18,21)/t9-,10+/m1/s1. The number of ether oxygens (including phenoxy) is 1. The quantitative estimate of drug-likeness (QED) is 0.643. The summed E-state index contributed by atoms with van der Waals surface area (Å²) in [5.74, 6) is 0.219. The lowest BCUT2D eigenvalue weighted by Gasteiger charge is -2.20. The van der Waals surface area contributed by atoms with E-state index in [9.17, 15) is 9.59 Å². The van der Waals surface area contributed by atoms with Crippen molar-refractivity contribution >= 4 is 23.3 Å². The van der Waals surface area contributed by atoms with Crippen LogP contribution in [-0.2, 0) is 4.79 Å². The van der Waals surface area contributed by atoms with E-state index in [1.165, 1.54) is 14.0 Å². The molecule has 0 aromatic heterocycles. The van der Waals surface area contributed by atoms with Gasteiger partial charge in [0.25, 0.3) is 0 Å². The van der Waals surface area contributed by atoms with E-state index in [0.29, 0.717) is 17.1 Å². The van der Waals surface area contributed by atoms with Crippen molar-refractivity contribution in [1.82, 2.24) is 5.32 Å². The van der Waals surface area contributed by atoms with Crippen molar-refractivity contribution in [3.63, 3.8) is 0 Å². The first kappa shape index (κ1) is 17.8. The zero-order chi connectivity index (χ0) is 16.7. The van der Waals surface area contributed by atoms with E-state index < -0.39 is 6.03 Å². The zero-order valence-corrected chi connectivity index (χ0v) is 13.3. The number of methoxy groups -OCH3 is 1. The van der Waals surface area contributed by atoms with Crippen LogP contribution in [-0.4, -0.2) is 36.8 Å². The molecule has 122 valence electrons. The predicted octanol–water partition coefficient (Wildman–Crippen LogP) is 1.79. The van der Waals surface area contributed by atoms with Crippen LogP contribution in [0.25, 0.3) is 0 Å². The second-order valence-corrected chi connectivity index (χ2v) is 5.14. The van der Waals surface area contributed by atoms with E-state index in [2.05, 4.69) is 16.0 Å². The highest BCUT2D eigenvalue weighted by atomic mass is 16.5. The number of hydrogen-bond acceptors (Lipinski definition) is 4. The maximum atomic E-state index is 12.0. The third-order valence-electron chi connectivity index (χ3n) is 3.27. The van der Waals surface area contributed by atoms with Crippen LogP contribution in [0.5, 0.6) is 5.75 Å². The number of nitrogens with one attached hydrogen (secondary N) is 3. The number of carbonyl (C=O) groups excluding carboxylic acids is 2. The first-order valence-corrected chi connectivity index (χ1v) is 7.01. The Labute approximate surface area is 130 Å². The molecule has 7 nitrogen and oxygen atoms in total. The lowest BCUT2D eigenvalue weighted by atomic mass is 10.1. The van der Waals surface area contributed by atoms with Crippen molar-refractivity contribution < 1.29 is 19.4 Å². The number of carbonyl (C=O) groups is 2. The fraction of sp³-hybridized carbons (Fsp3) is 0.467. The number of aliphatic hydroxyl groups is 1. The molecule has 0 aliphatic heterocycles. The van der Waals surface area contributed by atoms with E-state index in [1.807, 2.05) is 13.8 Å². The van der Waals surface area contributed by atoms with Crippen molar-refractivity contribution in [1.29, 1.82) is 0 Å². The SMILES string of the molecule is COc1ccc(NC(C)=O)cc1NC(=O)N[C@@H](C)[C@H](C)CO. The number of hydrogen-bond donors (Lipinski definition) is 4. The summed E-state index contributed by atoms with van der Waals surface area (Å²) in [4.78, 5) is 23.1. The summed E-state index contributed by atoms with van der Waals surface area (Å²) in [6.07, 6.45) is 0. The fourth-order valence-corrected chi connectivity index (χ4v) is 1.75. The molecule has 7 heteroatoms. The van der Waals surface area contributed by atoms with E-state index in [0.717, 1.165) is 0 Å². The van der Waals surface area contributed by atoms with Crippen molar-refractivity contribution in [3.05, 3.63) is 18.2 Å². The summed E-state index contributed by atoms with van der Waals surface area (Å²) in [5.41, 5.74) is 0.996. The Balaban J connectivity index is 2.81. The Morgan fingerprint density at radius 3 is 2.50 bits per heavy atom. The lowest BCUT2D eigenvalue weighted by Crippen LogP contribution is -2.40. The third-order valence-corrected chi connectivity index (χ3v) is 3.27. The molecule has 1 aromatic rings. The highest BCUT2D eigenvalue weighted by molar-refractivity contribution is 5.94. The summed E-state index contributed by atoms with van der Waals surface area (Å²) in [6, 6.07) is 4.35. The van der Waals surface area contributed by atoms with Gasteiger partial charge in [-0.05, 0) is 31.0 Å². The van der Waals surface area contributed by atoms with Gasteiger partial charge in [-0.2, -0.15) is 0 Å². The number of benzene rings is 1. The first-order valence-electron chi connectivity index (χ1n) is 7.01. The molecule has 0 spiro atoms.